The Morgan fingerprint density at radius 1 is 1.71 bits per heavy atom. The number of pyridine rings is 1. The number of hydrogen-bond donors (Lipinski definition) is 1. The van der Waals surface area contributed by atoms with Gasteiger partial charge in [-0.05, 0) is 6.07 Å². The molecule has 92 valence electrons. The lowest BCUT2D eigenvalue weighted by atomic mass is 10.2. The van der Waals surface area contributed by atoms with E-state index in [0.29, 0.717) is 22.9 Å². The van der Waals surface area contributed by atoms with E-state index in [4.69, 9.17) is 21.6 Å². The van der Waals surface area contributed by atoms with Gasteiger partial charge in [0.15, 0.2) is 0 Å². The van der Waals surface area contributed by atoms with E-state index in [9.17, 15) is 5.11 Å². The minimum absolute atomic E-state index is 0.236. The topological polar surface area (TPSA) is 69.4 Å². The lowest BCUT2D eigenvalue weighted by Gasteiger charge is -2.22. The van der Waals surface area contributed by atoms with Crippen molar-refractivity contribution in [3.05, 3.63) is 22.8 Å². The molecule has 0 bridgehead atoms. The second-order valence-electron chi connectivity index (χ2n) is 3.60. The number of halogens is 1. The number of ether oxygens (including phenoxy) is 1. The van der Waals surface area contributed by atoms with Gasteiger partial charge in [-0.25, -0.2) is 4.98 Å². The van der Waals surface area contributed by atoms with Crippen molar-refractivity contribution in [3.8, 4) is 6.07 Å². The summed E-state index contributed by atoms with van der Waals surface area (Å²) in [5.41, 5.74) is 0.366. The summed E-state index contributed by atoms with van der Waals surface area (Å²) in [7, 11) is 3.26. The Bertz CT molecular complexity index is 420. The normalized spacial score (nSPS) is 11.9. The lowest BCUT2D eigenvalue weighted by molar-refractivity contribution is 0.0694. The molecule has 6 heteroatoms. The van der Waals surface area contributed by atoms with Crippen LogP contribution in [0, 0.1) is 11.3 Å². The quantitative estimate of drug-likeness (QED) is 0.852. The predicted molar refractivity (Wildman–Crippen MR) is 65.1 cm³/mol. The highest BCUT2D eigenvalue weighted by Gasteiger charge is 2.14. The van der Waals surface area contributed by atoms with Crippen LogP contribution >= 0.6 is 11.6 Å². The second-order valence-corrected chi connectivity index (χ2v) is 3.98. The van der Waals surface area contributed by atoms with Crippen molar-refractivity contribution < 1.29 is 9.84 Å². The molecule has 0 amide bonds. The smallest absolute Gasteiger partial charge is 0.148 e. The van der Waals surface area contributed by atoms with Gasteiger partial charge in [0.1, 0.15) is 16.9 Å². The van der Waals surface area contributed by atoms with Crippen molar-refractivity contribution in [2.45, 2.75) is 6.10 Å². The summed E-state index contributed by atoms with van der Waals surface area (Å²) in [6.45, 7) is 0.565. The summed E-state index contributed by atoms with van der Waals surface area (Å²) in [6, 6.07) is 3.53. The Labute approximate surface area is 105 Å². The number of aromatic nitrogens is 1. The number of nitrogens with zero attached hydrogens (tertiary/aromatic N) is 3. The molecule has 0 aliphatic rings. The van der Waals surface area contributed by atoms with E-state index in [1.54, 1.807) is 18.0 Å². The van der Waals surface area contributed by atoms with Crippen LogP contribution in [-0.4, -0.2) is 43.5 Å². The molecule has 0 radical (unpaired) electrons. The summed E-state index contributed by atoms with van der Waals surface area (Å²) >= 11 is 6.02. The van der Waals surface area contributed by atoms with Crippen molar-refractivity contribution in [2.75, 3.05) is 32.2 Å². The van der Waals surface area contributed by atoms with Crippen molar-refractivity contribution in [3.63, 3.8) is 0 Å². The van der Waals surface area contributed by atoms with Gasteiger partial charge in [-0.15, -0.1) is 0 Å². The summed E-state index contributed by atoms with van der Waals surface area (Å²) < 4.78 is 4.83. The van der Waals surface area contributed by atoms with Crippen LogP contribution in [0.2, 0.25) is 5.02 Å². The zero-order valence-corrected chi connectivity index (χ0v) is 10.5. The number of nitriles is 1. The molecule has 0 aromatic carbocycles. The van der Waals surface area contributed by atoms with Gasteiger partial charge in [0.25, 0.3) is 0 Å². The molecule has 17 heavy (non-hydrogen) atoms. The minimum Gasteiger partial charge on any atom is -0.389 e. The van der Waals surface area contributed by atoms with E-state index < -0.39 is 6.10 Å². The number of aliphatic hydroxyl groups excluding tert-OH is 1. The molecule has 1 atom stereocenters. The number of aliphatic hydroxyl groups is 1. The summed E-state index contributed by atoms with van der Waals surface area (Å²) in [5, 5.41) is 18.7. The monoisotopic (exact) mass is 255 g/mol. The van der Waals surface area contributed by atoms with Crippen molar-refractivity contribution >= 4 is 17.4 Å². The van der Waals surface area contributed by atoms with Gasteiger partial charge in [-0.2, -0.15) is 5.26 Å². The third kappa shape index (κ3) is 3.56. The number of likely N-dealkylation sites (N-methyl/N-ethyl adjacent to an activating group) is 1. The molecular formula is C11H14ClN3O2. The highest BCUT2D eigenvalue weighted by atomic mass is 35.5. The standard InChI is InChI=1S/C11H14ClN3O2/c1-15(6-9(16)7-17-2)11-10(12)8(5-13)3-4-14-11/h3-4,9,16H,6-7H2,1-2H3. The largest absolute Gasteiger partial charge is 0.389 e. The van der Waals surface area contributed by atoms with Gasteiger partial charge in [0, 0.05) is 26.9 Å². The van der Waals surface area contributed by atoms with Gasteiger partial charge in [0.05, 0.1) is 18.3 Å². The first kappa shape index (κ1) is 13.7. The van der Waals surface area contributed by atoms with E-state index in [1.807, 2.05) is 6.07 Å². The molecule has 1 aromatic heterocycles. The summed E-state index contributed by atoms with van der Waals surface area (Å²) in [5.74, 6) is 0.473. The molecule has 1 N–H and O–H groups in total. The highest BCUT2D eigenvalue weighted by molar-refractivity contribution is 6.34. The average molecular weight is 256 g/mol. The minimum atomic E-state index is -0.631. The third-order valence-corrected chi connectivity index (χ3v) is 2.57. The van der Waals surface area contributed by atoms with E-state index >= 15 is 0 Å². The first-order valence-corrected chi connectivity index (χ1v) is 5.40. The van der Waals surface area contributed by atoms with Gasteiger partial charge < -0.3 is 14.7 Å². The number of hydrogen-bond acceptors (Lipinski definition) is 5. The van der Waals surface area contributed by atoms with Gasteiger partial charge in [-0.1, -0.05) is 11.6 Å². The van der Waals surface area contributed by atoms with Gasteiger partial charge >= 0.3 is 0 Å². The molecule has 1 unspecified atom stereocenters. The molecule has 0 aliphatic carbocycles. The average Bonchev–Trinajstić information content (AvgIpc) is 2.29. The summed E-state index contributed by atoms with van der Waals surface area (Å²) in [6.07, 6.45) is 0.882. The Balaban J connectivity index is 2.82. The maximum atomic E-state index is 9.60. The zero-order valence-electron chi connectivity index (χ0n) is 9.72. The number of rotatable bonds is 5. The first-order chi connectivity index (χ1) is 8.10. The summed E-state index contributed by atoms with van der Waals surface area (Å²) in [4.78, 5) is 5.78. The fraction of sp³-hybridized carbons (Fsp3) is 0.455. The highest BCUT2D eigenvalue weighted by Crippen LogP contribution is 2.25. The SMILES string of the molecule is COCC(O)CN(C)c1nccc(C#N)c1Cl. The molecule has 0 spiro atoms. The first-order valence-electron chi connectivity index (χ1n) is 5.03. The third-order valence-electron chi connectivity index (χ3n) is 2.20. The Kier molecular flexibility index (Phi) is 5.16. The molecule has 0 aliphatic heterocycles. The molecule has 1 rings (SSSR count). The maximum Gasteiger partial charge on any atom is 0.148 e. The molecular weight excluding hydrogens is 242 g/mol. The lowest BCUT2D eigenvalue weighted by Crippen LogP contribution is -2.32. The van der Waals surface area contributed by atoms with Crippen LogP contribution in [0.15, 0.2) is 12.3 Å². The Morgan fingerprint density at radius 3 is 3.00 bits per heavy atom. The van der Waals surface area contributed by atoms with E-state index in [1.165, 1.54) is 13.3 Å². The van der Waals surface area contributed by atoms with Crippen LogP contribution in [0.3, 0.4) is 0 Å². The number of anilines is 1. The van der Waals surface area contributed by atoms with Crippen LogP contribution in [0.4, 0.5) is 5.82 Å². The predicted octanol–water partition coefficient (Wildman–Crippen LogP) is 1.05. The fourth-order valence-electron chi connectivity index (χ4n) is 1.43. The van der Waals surface area contributed by atoms with Crippen molar-refractivity contribution in [2.24, 2.45) is 0 Å². The number of methoxy groups -OCH3 is 1. The Morgan fingerprint density at radius 2 is 2.41 bits per heavy atom. The van der Waals surface area contributed by atoms with E-state index in [0.717, 1.165) is 0 Å². The van der Waals surface area contributed by atoms with Crippen LogP contribution in [-0.2, 0) is 4.74 Å². The second kappa shape index (κ2) is 6.40. The molecule has 5 nitrogen and oxygen atoms in total. The molecule has 1 aromatic rings. The molecule has 0 saturated carbocycles. The molecule has 1 heterocycles. The van der Waals surface area contributed by atoms with Crippen molar-refractivity contribution in [1.29, 1.82) is 5.26 Å². The van der Waals surface area contributed by atoms with Crippen LogP contribution in [0.5, 0.6) is 0 Å². The van der Waals surface area contributed by atoms with Crippen molar-refractivity contribution in [1.82, 2.24) is 4.98 Å². The zero-order chi connectivity index (χ0) is 12.8. The van der Waals surface area contributed by atoms with Gasteiger partial charge in [0.2, 0.25) is 0 Å². The van der Waals surface area contributed by atoms with E-state index in [2.05, 4.69) is 4.98 Å². The van der Waals surface area contributed by atoms with Crippen LogP contribution in [0.25, 0.3) is 0 Å². The molecule has 0 saturated heterocycles. The van der Waals surface area contributed by atoms with Crippen LogP contribution < -0.4 is 4.90 Å². The maximum absolute atomic E-state index is 9.60. The van der Waals surface area contributed by atoms with Gasteiger partial charge in [-0.3, -0.25) is 0 Å². The van der Waals surface area contributed by atoms with Crippen LogP contribution in [0.1, 0.15) is 5.56 Å². The Hall–Kier alpha value is -1.35. The fourth-order valence-corrected chi connectivity index (χ4v) is 1.73. The van der Waals surface area contributed by atoms with E-state index in [-0.39, 0.29) is 6.61 Å². The molecule has 0 fully saturated rings.